The smallest absolute Gasteiger partial charge is 0.0196 e. The third-order valence-corrected chi connectivity index (χ3v) is 12.8. The van der Waals surface area contributed by atoms with Gasteiger partial charge < -0.3 is 0 Å². The lowest BCUT2D eigenvalue weighted by Gasteiger charge is -2.43. The summed E-state index contributed by atoms with van der Waals surface area (Å²) in [6.07, 6.45) is 21.9. The zero-order chi connectivity index (χ0) is 28.9. The molecule has 4 aromatic carbocycles. The Labute approximate surface area is 261 Å². The van der Waals surface area contributed by atoms with Gasteiger partial charge in [-0.3, -0.25) is 0 Å². The molecule has 6 aliphatic carbocycles. The summed E-state index contributed by atoms with van der Waals surface area (Å²) in [6, 6.07) is 37.4. The fourth-order valence-electron chi connectivity index (χ4n) is 11.4. The van der Waals surface area contributed by atoms with Crippen molar-refractivity contribution in [3.63, 3.8) is 0 Å². The zero-order valence-corrected chi connectivity index (χ0v) is 25.3. The lowest BCUT2D eigenvalue weighted by molar-refractivity contribution is 0.234. The molecule has 0 N–H and O–H groups in total. The molecule has 2 saturated carbocycles. The molecule has 0 radical (unpaired) electrons. The Hall–Kier alpha value is -4.16. The zero-order valence-electron chi connectivity index (χ0n) is 25.3. The van der Waals surface area contributed by atoms with E-state index in [4.69, 9.17) is 0 Å². The highest BCUT2D eigenvalue weighted by atomic mass is 14.7. The highest BCUT2D eigenvalue weighted by Gasteiger charge is 2.62. The van der Waals surface area contributed by atoms with Crippen LogP contribution in [-0.4, -0.2) is 0 Å². The lowest BCUT2D eigenvalue weighted by atomic mass is 9.59. The molecular weight excluding hydrogens is 528 g/mol. The van der Waals surface area contributed by atoms with Gasteiger partial charge in [0.1, 0.15) is 0 Å². The van der Waals surface area contributed by atoms with Crippen LogP contribution in [0.4, 0.5) is 0 Å². The van der Waals surface area contributed by atoms with Crippen LogP contribution >= 0.6 is 0 Å². The van der Waals surface area contributed by atoms with Gasteiger partial charge in [0.05, 0.1) is 0 Å². The molecule has 0 heteroatoms. The number of allylic oxidation sites excluding steroid dienone is 8. The van der Waals surface area contributed by atoms with Crippen LogP contribution in [0.25, 0.3) is 22.3 Å². The van der Waals surface area contributed by atoms with E-state index in [0.717, 1.165) is 24.7 Å². The lowest BCUT2D eigenvalue weighted by Crippen LogP contribution is -2.33. The highest BCUT2D eigenvalue weighted by molar-refractivity contribution is 5.81. The van der Waals surface area contributed by atoms with E-state index in [0.29, 0.717) is 11.8 Å². The second-order valence-electron chi connectivity index (χ2n) is 14.5. The predicted molar refractivity (Wildman–Crippen MR) is 181 cm³/mol. The molecular formula is C44H38. The van der Waals surface area contributed by atoms with Crippen LogP contribution in [0.2, 0.25) is 0 Å². The Morgan fingerprint density at radius 1 is 0.409 bits per heavy atom. The van der Waals surface area contributed by atoms with Crippen molar-refractivity contribution in [2.24, 2.45) is 22.7 Å². The molecule has 0 amide bonds. The van der Waals surface area contributed by atoms with Crippen LogP contribution in [0.3, 0.4) is 0 Å². The number of rotatable bonds is 4. The van der Waals surface area contributed by atoms with Gasteiger partial charge in [0.15, 0.2) is 0 Å². The summed E-state index contributed by atoms with van der Waals surface area (Å²) in [5.74, 6) is 2.36. The maximum absolute atomic E-state index is 2.50. The maximum Gasteiger partial charge on any atom is 0.0196 e. The first kappa shape index (κ1) is 25.2. The summed E-state index contributed by atoms with van der Waals surface area (Å²) < 4.78 is 0. The highest BCUT2D eigenvalue weighted by Crippen LogP contribution is 2.73. The van der Waals surface area contributed by atoms with Crippen LogP contribution in [0.5, 0.6) is 0 Å². The summed E-state index contributed by atoms with van der Waals surface area (Å²) in [5.41, 5.74) is 15.9. The van der Waals surface area contributed by atoms with Crippen LogP contribution in [-0.2, 0) is 0 Å². The van der Waals surface area contributed by atoms with E-state index in [-0.39, 0.29) is 10.8 Å². The summed E-state index contributed by atoms with van der Waals surface area (Å²) in [6.45, 7) is 0. The first-order valence-electron chi connectivity index (χ1n) is 16.9. The van der Waals surface area contributed by atoms with E-state index in [9.17, 15) is 0 Å². The third kappa shape index (κ3) is 3.24. The summed E-state index contributed by atoms with van der Waals surface area (Å²) in [7, 11) is 0. The van der Waals surface area contributed by atoms with Crippen molar-refractivity contribution in [1.82, 2.24) is 0 Å². The molecule has 0 heterocycles. The normalized spacial score (nSPS) is 29.4. The van der Waals surface area contributed by atoms with E-state index in [2.05, 4.69) is 134 Å². The van der Waals surface area contributed by atoms with Gasteiger partial charge >= 0.3 is 0 Å². The topological polar surface area (TPSA) is 0 Å². The molecule has 0 spiro atoms. The van der Waals surface area contributed by atoms with Crippen LogP contribution < -0.4 is 0 Å². The van der Waals surface area contributed by atoms with E-state index in [1.165, 1.54) is 47.9 Å². The molecule has 6 aliphatic rings. The van der Waals surface area contributed by atoms with Gasteiger partial charge in [-0.25, -0.2) is 0 Å². The quantitative estimate of drug-likeness (QED) is 0.230. The largest absolute Gasteiger partial charge is 0.0804 e. The molecule has 0 atom stereocenters. The first-order valence-corrected chi connectivity index (χ1v) is 16.9. The molecule has 44 heavy (non-hydrogen) atoms. The molecule has 0 aromatic heterocycles. The first-order chi connectivity index (χ1) is 21.8. The minimum absolute atomic E-state index is 0.182. The van der Waals surface area contributed by atoms with E-state index in [1.54, 1.807) is 33.4 Å². The molecule has 0 bridgehead atoms. The van der Waals surface area contributed by atoms with Crippen molar-refractivity contribution < 1.29 is 0 Å². The third-order valence-electron chi connectivity index (χ3n) is 12.8. The molecule has 2 fully saturated rings. The van der Waals surface area contributed by atoms with Crippen LogP contribution in [0.15, 0.2) is 145 Å². The molecule has 4 aromatic rings. The van der Waals surface area contributed by atoms with E-state index in [1.807, 2.05) is 0 Å². The monoisotopic (exact) mass is 566 g/mol. The summed E-state index contributed by atoms with van der Waals surface area (Å²) in [5, 5.41) is 0. The number of fused-ring (bicyclic) bond motifs is 7. The predicted octanol–water partition coefficient (Wildman–Crippen LogP) is 11.2. The molecule has 10 rings (SSSR count). The Morgan fingerprint density at radius 3 is 1.02 bits per heavy atom. The molecule has 0 unspecified atom stereocenters. The van der Waals surface area contributed by atoms with Gasteiger partial charge in [-0.05, 0) is 94.9 Å². The Morgan fingerprint density at radius 2 is 0.727 bits per heavy atom. The number of benzene rings is 4. The average Bonchev–Trinajstić information content (AvgIpc) is 3.90. The standard InChI is InChI=1S/C44H38/c1-2-14-31(13-1)43(41-37-21-9-5-17-33(37)34-18-6-10-22-38(34)41)25-29-27-44(28-30(29)26-43,32-15-3-4-16-32)42-39-23-11-7-19-35(39)36-20-8-12-24-40(36)42/h1-13,15,17-24,29-30,41-42H,14,16,25-28H2. The van der Waals surface area contributed by atoms with Crippen molar-refractivity contribution in [1.29, 1.82) is 0 Å². The molecule has 0 nitrogen and oxygen atoms in total. The van der Waals surface area contributed by atoms with Gasteiger partial charge in [0.25, 0.3) is 0 Å². The van der Waals surface area contributed by atoms with Crippen molar-refractivity contribution in [3.05, 3.63) is 167 Å². The Balaban J connectivity index is 1.10. The fraction of sp³-hybridized carbons (Fsp3) is 0.273. The molecule has 0 aliphatic heterocycles. The second-order valence-corrected chi connectivity index (χ2v) is 14.5. The van der Waals surface area contributed by atoms with Gasteiger partial charge in [-0.2, -0.15) is 0 Å². The van der Waals surface area contributed by atoms with E-state index >= 15 is 0 Å². The Kier molecular flexibility index (Phi) is 5.26. The van der Waals surface area contributed by atoms with E-state index < -0.39 is 0 Å². The fourth-order valence-corrected chi connectivity index (χ4v) is 11.4. The summed E-state index contributed by atoms with van der Waals surface area (Å²) in [4.78, 5) is 0. The number of hydrogen-bond donors (Lipinski definition) is 0. The minimum Gasteiger partial charge on any atom is -0.0804 e. The summed E-state index contributed by atoms with van der Waals surface area (Å²) >= 11 is 0. The van der Waals surface area contributed by atoms with Crippen molar-refractivity contribution >= 4 is 0 Å². The van der Waals surface area contributed by atoms with Crippen molar-refractivity contribution in [3.8, 4) is 22.3 Å². The second kappa shape index (κ2) is 9.18. The molecule has 0 saturated heterocycles. The average molecular weight is 567 g/mol. The minimum atomic E-state index is 0.182. The molecule has 214 valence electrons. The van der Waals surface area contributed by atoms with Crippen LogP contribution in [0.1, 0.15) is 72.6 Å². The SMILES string of the molecule is C1=CCC(C2(C3c4ccccc4-c4ccccc43)CC3CC(C4=CC=CC4)(C4c5ccccc5-c5ccccc54)CC3C2)=C1. The van der Waals surface area contributed by atoms with Gasteiger partial charge in [-0.15, -0.1) is 0 Å². The van der Waals surface area contributed by atoms with Gasteiger partial charge in [0.2, 0.25) is 0 Å². The van der Waals surface area contributed by atoms with Crippen molar-refractivity contribution in [2.75, 3.05) is 0 Å². The maximum atomic E-state index is 2.50. The van der Waals surface area contributed by atoms with Crippen molar-refractivity contribution in [2.45, 2.75) is 50.4 Å². The van der Waals surface area contributed by atoms with Gasteiger partial charge in [0, 0.05) is 22.7 Å². The Bertz CT molecular complexity index is 1710. The van der Waals surface area contributed by atoms with Gasteiger partial charge in [-0.1, -0.05) is 145 Å². The van der Waals surface area contributed by atoms with Crippen LogP contribution in [0, 0.1) is 22.7 Å². The number of hydrogen-bond acceptors (Lipinski definition) is 0.